The van der Waals surface area contributed by atoms with Crippen LogP contribution in [0.4, 0.5) is 22.7 Å². The summed E-state index contributed by atoms with van der Waals surface area (Å²) in [5, 5.41) is 43.9. The quantitative estimate of drug-likeness (QED) is 0.00977. The Morgan fingerprint density at radius 2 is 1.34 bits per heavy atom. The summed E-state index contributed by atoms with van der Waals surface area (Å²) in [5.41, 5.74) is 26.6. The number of hydrogen-bond donors (Lipinski definition) is 13. The summed E-state index contributed by atoms with van der Waals surface area (Å²) in [6.45, 7) is 7.67. The molecule has 1 heterocycles. The highest BCUT2D eigenvalue weighted by molar-refractivity contribution is 6.02. The number of primary amides is 1. The molecule has 2 aromatic carbocycles. The number of hydrogen-bond acceptors (Lipinski definition) is 17. The molecule has 3 rings (SSSR count). The van der Waals surface area contributed by atoms with Crippen molar-refractivity contribution < 1.29 is 53.0 Å². The lowest BCUT2D eigenvalue weighted by molar-refractivity contribution is -0.393. The summed E-state index contributed by atoms with van der Waals surface area (Å²) in [4.78, 5) is 149. The van der Waals surface area contributed by atoms with Crippen molar-refractivity contribution in [2.75, 3.05) is 43.8 Å². The zero-order valence-electron chi connectivity index (χ0n) is 45.6. The van der Waals surface area contributed by atoms with E-state index in [1.54, 1.807) is 45.9 Å². The molecule has 0 radical (unpaired) electrons. The normalized spacial score (nSPS) is 15.2. The lowest BCUT2D eigenvalue weighted by Crippen LogP contribution is -2.59. The van der Waals surface area contributed by atoms with E-state index >= 15 is 0 Å². The van der Waals surface area contributed by atoms with Gasteiger partial charge in [-0.25, -0.2) is 0 Å². The number of para-hydroxylation sites is 1. The Balaban J connectivity index is 1.80. The summed E-state index contributed by atoms with van der Waals surface area (Å²) in [6, 6.07) is 0.185. The number of aliphatic imine (C=N–C) groups is 1. The van der Waals surface area contributed by atoms with Gasteiger partial charge in [0, 0.05) is 31.4 Å². The second kappa shape index (κ2) is 32.3. The van der Waals surface area contributed by atoms with Crippen LogP contribution in [0.5, 0.6) is 0 Å². The van der Waals surface area contributed by atoms with Gasteiger partial charge in [-0.15, -0.1) is 0 Å². The van der Waals surface area contributed by atoms with Crippen LogP contribution in [0.15, 0.2) is 47.5 Å². The van der Waals surface area contributed by atoms with Crippen molar-refractivity contribution in [2.45, 2.75) is 135 Å². The second-order valence-electron chi connectivity index (χ2n) is 20.0. The van der Waals surface area contributed by atoms with Crippen molar-refractivity contribution in [2.24, 2.45) is 39.8 Å². The van der Waals surface area contributed by atoms with Crippen LogP contribution in [-0.2, 0) is 38.4 Å². The minimum atomic E-state index is -1.67. The molecule has 7 unspecified atom stereocenters. The van der Waals surface area contributed by atoms with E-state index in [0.717, 1.165) is 12.1 Å². The number of carbonyl (C=O) groups is 9. The lowest BCUT2D eigenvalue weighted by atomic mass is 10.0. The number of unbranched alkanes of at least 4 members (excludes halogenated alkanes) is 1. The molecule has 30 heteroatoms. The van der Waals surface area contributed by atoms with Crippen molar-refractivity contribution in [3.05, 3.63) is 68.3 Å². The Morgan fingerprint density at radius 1 is 0.713 bits per heavy atom. The molecule has 0 aromatic heterocycles. The molecule has 0 spiro atoms. The number of nitro benzene ring substituents is 2. The van der Waals surface area contributed by atoms with E-state index in [1.165, 1.54) is 17.9 Å². The third kappa shape index (κ3) is 21.3. The van der Waals surface area contributed by atoms with Gasteiger partial charge in [0.25, 0.3) is 17.3 Å². The molecule has 7 atom stereocenters. The smallest absolute Gasteiger partial charge is 0.299 e. The number of nitrogens with one attached hydrogen (secondary N) is 8. The second-order valence-corrected chi connectivity index (χ2v) is 20.0. The molecule has 80 heavy (non-hydrogen) atoms. The predicted molar refractivity (Wildman–Crippen MR) is 294 cm³/mol. The number of nitrogens with zero attached hydrogens (tertiary/aromatic N) is 4. The largest absolute Gasteiger partial charge is 0.398 e. The molecule has 1 saturated heterocycles. The van der Waals surface area contributed by atoms with E-state index < -0.39 is 130 Å². The first-order chi connectivity index (χ1) is 37.7. The van der Waals surface area contributed by atoms with Crippen molar-refractivity contribution in [3.63, 3.8) is 0 Å². The van der Waals surface area contributed by atoms with E-state index in [9.17, 15) is 63.4 Å². The highest BCUT2D eigenvalue weighted by Crippen LogP contribution is 2.29. The minimum Gasteiger partial charge on any atom is -0.398 e. The maximum atomic E-state index is 14.1. The van der Waals surface area contributed by atoms with Gasteiger partial charge in [0.2, 0.25) is 47.3 Å². The number of carbonyl (C=O) groups excluding carboxylic acids is 9. The third-order valence-electron chi connectivity index (χ3n) is 12.6. The van der Waals surface area contributed by atoms with Gasteiger partial charge < -0.3 is 76.1 Å². The van der Waals surface area contributed by atoms with Gasteiger partial charge >= 0.3 is 0 Å². The van der Waals surface area contributed by atoms with E-state index in [4.69, 9.17) is 28.7 Å². The van der Waals surface area contributed by atoms with Crippen molar-refractivity contribution in [1.82, 2.24) is 42.1 Å². The van der Waals surface area contributed by atoms with Crippen LogP contribution >= 0.6 is 0 Å². The molecule has 2 aromatic rings. The molecule has 1 aliphatic rings. The Hall–Kier alpha value is -8.70. The van der Waals surface area contributed by atoms with Gasteiger partial charge in [-0.2, -0.15) is 0 Å². The molecule has 0 saturated carbocycles. The fourth-order valence-corrected chi connectivity index (χ4v) is 8.50. The van der Waals surface area contributed by atoms with E-state index in [0.29, 0.717) is 31.9 Å². The van der Waals surface area contributed by atoms with Gasteiger partial charge in [-0.1, -0.05) is 39.8 Å². The van der Waals surface area contributed by atoms with Crippen LogP contribution in [0.2, 0.25) is 0 Å². The first-order valence-electron chi connectivity index (χ1n) is 26.2. The number of guanidine groups is 1. The number of amides is 9. The maximum Gasteiger partial charge on any atom is 0.299 e. The maximum absolute atomic E-state index is 14.1. The number of nitrogens with two attached hydrogens (primary N) is 5. The standard InChI is InChI=1S/C50H77N17O13/c1-27(2)22-36(63-48(75)39-16-11-21-65(39)49(76)35(14-8-9-19-51)62-44(71)31-12-6-7-13-32(31)52)45(72)58-26-41(68)60-37(23-28(3)4)46(73)64-38(25-57-33-18-17-30(66(77)78)24-40(33)67(79)80)47(74)59-29(5)43(70)61-34(42(53)69)15-10-20-56-50(54)55/h6-7,12-13,17-18,24,27-29,34-39,57H,8-11,14-16,19-23,25-26,51-52H2,1-5H3,(H2,53,69)(H,58,72)(H,59,74)(H,60,68)(H,61,70)(H,62,71)(H,63,75)(H,64,73)(H4,54,55,56). The van der Waals surface area contributed by atoms with Gasteiger partial charge in [0.05, 0.1) is 28.0 Å². The summed E-state index contributed by atoms with van der Waals surface area (Å²) in [5.74, 6) is -7.70. The number of nitro groups is 2. The molecule has 30 nitrogen and oxygen atoms in total. The van der Waals surface area contributed by atoms with Crippen LogP contribution in [-0.4, -0.2) is 149 Å². The number of benzene rings is 2. The van der Waals surface area contributed by atoms with Crippen LogP contribution in [0.3, 0.4) is 0 Å². The molecule has 0 aliphatic carbocycles. The SMILES string of the molecule is CC(C)CC(NC(=O)CNC(=O)C(CC(C)C)NC(=O)C1CCCN1C(=O)C(CCCCN)NC(=O)c1ccccc1N)C(=O)NC(CNc1ccc([N+](=O)[O-])cc1[N+](=O)[O-])C(=O)NC(C)C(=O)NC(CCCN=C(N)N)C(N)=O. The van der Waals surface area contributed by atoms with Crippen molar-refractivity contribution in [1.29, 1.82) is 0 Å². The number of nitrogen functional groups attached to an aromatic ring is 1. The van der Waals surface area contributed by atoms with Crippen molar-refractivity contribution >= 4 is 81.9 Å². The first kappa shape index (κ1) is 65.6. The number of rotatable bonds is 33. The lowest BCUT2D eigenvalue weighted by Gasteiger charge is -2.30. The summed E-state index contributed by atoms with van der Waals surface area (Å²) in [6.07, 6.45) is 2.36. The zero-order chi connectivity index (χ0) is 59.8. The molecule has 9 amide bonds. The highest BCUT2D eigenvalue weighted by atomic mass is 16.6. The summed E-state index contributed by atoms with van der Waals surface area (Å²) in [7, 11) is 0. The van der Waals surface area contributed by atoms with E-state index in [-0.39, 0.29) is 86.3 Å². The Morgan fingerprint density at radius 3 is 1.94 bits per heavy atom. The summed E-state index contributed by atoms with van der Waals surface area (Å²) >= 11 is 0. The highest BCUT2D eigenvalue weighted by Gasteiger charge is 2.39. The monoisotopic (exact) mass is 1120 g/mol. The fourth-order valence-electron chi connectivity index (χ4n) is 8.50. The van der Waals surface area contributed by atoms with Crippen LogP contribution in [0.25, 0.3) is 0 Å². The molecule has 0 bridgehead atoms. The van der Waals surface area contributed by atoms with Gasteiger partial charge in [-0.3, -0.25) is 68.4 Å². The third-order valence-corrected chi connectivity index (χ3v) is 12.6. The van der Waals surface area contributed by atoms with E-state index in [1.807, 2.05) is 0 Å². The van der Waals surface area contributed by atoms with E-state index in [2.05, 4.69) is 47.5 Å². The van der Waals surface area contributed by atoms with Crippen LogP contribution in [0, 0.1) is 32.1 Å². The van der Waals surface area contributed by atoms with Crippen LogP contribution < -0.4 is 71.2 Å². The van der Waals surface area contributed by atoms with Gasteiger partial charge in [-0.05, 0) is 101 Å². The number of likely N-dealkylation sites (tertiary alicyclic amines) is 1. The molecular weight excluding hydrogens is 1050 g/mol. The summed E-state index contributed by atoms with van der Waals surface area (Å²) < 4.78 is 0. The topological polar surface area (TPSA) is 482 Å². The molecule has 18 N–H and O–H groups in total. The van der Waals surface area contributed by atoms with Crippen LogP contribution in [0.1, 0.15) is 103 Å². The predicted octanol–water partition coefficient (Wildman–Crippen LogP) is -1.39. The number of anilines is 2. The Kier molecular flexibility index (Phi) is 26.4. The molecular formula is C50H77N17O13. The van der Waals surface area contributed by atoms with Gasteiger partial charge in [0.1, 0.15) is 48.0 Å². The fraction of sp³-hybridized carbons (Fsp3) is 0.560. The molecule has 1 aliphatic heterocycles. The minimum absolute atomic E-state index is 0.0218. The van der Waals surface area contributed by atoms with Gasteiger partial charge in [0.15, 0.2) is 5.96 Å². The zero-order valence-corrected chi connectivity index (χ0v) is 45.6. The molecule has 1 fully saturated rings. The number of non-ortho nitro benzene ring substituents is 1. The Bertz CT molecular complexity index is 2580. The molecule has 440 valence electrons. The average Bonchev–Trinajstić information content (AvgIpc) is 3.89. The average molecular weight is 1120 g/mol. The first-order valence-corrected chi connectivity index (χ1v) is 26.2. The van der Waals surface area contributed by atoms with Crippen molar-refractivity contribution in [3.8, 4) is 0 Å². The Labute approximate surface area is 462 Å².